The van der Waals surface area contributed by atoms with Crippen molar-refractivity contribution in [2.75, 3.05) is 7.11 Å². The van der Waals surface area contributed by atoms with E-state index in [0.29, 0.717) is 5.75 Å². The van der Waals surface area contributed by atoms with Crippen LogP contribution in [0.5, 0.6) is 5.75 Å². The summed E-state index contributed by atoms with van der Waals surface area (Å²) in [6.07, 6.45) is 1.04. The average Bonchev–Trinajstić information content (AvgIpc) is 2.74. The molecule has 0 aliphatic heterocycles. The summed E-state index contributed by atoms with van der Waals surface area (Å²) in [5.41, 5.74) is 0.771. The van der Waals surface area contributed by atoms with Crippen LogP contribution in [-0.4, -0.2) is 27.0 Å². The van der Waals surface area contributed by atoms with E-state index < -0.39 is 6.10 Å². The number of rotatable bonds is 4. The van der Waals surface area contributed by atoms with Gasteiger partial charge in [-0.3, -0.25) is 0 Å². The Hall–Kier alpha value is -1.53. The molecule has 0 aliphatic rings. The normalized spacial score (nSPS) is 12.4. The fourth-order valence-electron chi connectivity index (χ4n) is 1.67. The Balaban J connectivity index is 2.41. The van der Waals surface area contributed by atoms with Gasteiger partial charge in [0.05, 0.1) is 13.2 Å². The van der Waals surface area contributed by atoms with Crippen molar-refractivity contribution in [2.45, 2.75) is 23.1 Å². The Morgan fingerprint density at radius 2 is 2.22 bits per heavy atom. The van der Waals surface area contributed by atoms with Crippen molar-refractivity contribution in [3.05, 3.63) is 30.1 Å². The molecule has 1 atom stereocenters. The standard InChI is InChI=1S/C12H15N3O2S/c1-8(16)11-9(17-3)5-4-6-10(11)18-12-14-13-7-15(12)2/h4-8,16H,1-3H3/t8-/m0/s1. The van der Waals surface area contributed by atoms with E-state index in [1.807, 2.05) is 29.8 Å². The summed E-state index contributed by atoms with van der Waals surface area (Å²) in [6, 6.07) is 5.66. The van der Waals surface area contributed by atoms with Gasteiger partial charge in [-0.15, -0.1) is 10.2 Å². The molecule has 1 aromatic carbocycles. The van der Waals surface area contributed by atoms with Crippen molar-refractivity contribution in [2.24, 2.45) is 7.05 Å². The van der Waals surface area contributed by atoms with Crippen LogP contribution in [0.4, 0.5) is 0 Å². The maximum Gasteiger partial charge on any atom is 0.195 e. The molecule has 1 heterocycles. The molecule has 18 heavy (non-hydrogen) atoms. The molecule has 1 aromatic heterocycles. The summed E-state index contributed by atoms with van der Waals surface area (Å²) in [7, 11) is 3.47. The van der Waals surface area contributed by atoms with Gasteiger partial charge in [0.1, 0.15) is 12.1 Å². The Morgan fingerprint density at radius 1 is 1.44 bits per heavy atom. The monoisotopic (exact) mass is 265 g/mol. The number of aromatic nitrogens is 3. The SMILES string of the molecule is COc1cccc(Sc2nncn2C)c1[C@H](C)O. The molecule has 5 nitrogen and oxygen atoms in total. The van der Waals surface area contributed by atoms with E-state index in [1.165, 1.54) is 11.8 Å². The first-order valence-electron chi connectivity index (χ1n) is 5.50. The zero-order chi connectivity index (χ0) is 13.1. The highest BCUT2D eigenvalue weighted by molar-refractivity contribution is 7.99. The smallest absolute Gasteiger partial charge is 0.195 e. The highest BCUT2D eigenvalue weighted by atomic mass is 32.2. The van der Waals surface area contributed by atoms with Crippen LogP contribution in [0, 0.1) is 0 Å². The predicted molar refractivity (Wildman–Crippen MR) is 68.8 cm³/mol. The van der Waals surface area contributed by atoms with Crippen molar-refractivity contribution in [1.29, 1.82) is 0 Å². The first-order chi connectivity index (χ1) is 8.63. The Bertz CT molecular complexity index is 540. The summed E-state index contributed by atoms with van der Waals surface area (Å²) >= 11 is 1.45. The Kier molecular flexibility index (Phi) is 3.88. The highest BCUT2D eigenvalue weighted by Gasteiger charge is 2.16. The van der Waals surface area contributed by atoms with Crippen LogP contribution in [0.25, 0.3) is 0 Å². The van der Waals surface area contributed by atoms with Gasteiger partial charge in [0.25, 0.3) is 0 Å². The number of hydrogen-bond acceptors (Lipinski definition) is 5. The van der Waals surface area contributed by atoms with Crippen molar-refractivity contribution in [3.63, 3.8) is 0 Å². The van der Waals surface area contributed by atoms with Gasteiger partial charge in [0, 0.05) is 17.5 Å². The van der Waals surface area contributed by atoms with E-state index in [0.717, 1.165) is 15.6 Å². The van der Waals surface area contributed by atoms with E-state index in [1.54, 1.807) is 20.4 Å². The molecule has 0 radical (unpaired) electrons. The first kappa shape index (κ1) is 12.9. The van der Waals surface area contributed by atoms with Crippen LogP contribution in [-0.2, 0) is 7.05 Å². The number of aliphatic hydroxyl groups excluding tert-OH is 1. The molecule has 6 heteroatoms. The molecule has 96 valence electrons. The maximum atomic E-state index is 9.88. The number of hydrogen-bond donors (Lipinski definition) is 1. The second kappa shape index (κ2) is 5.41. The van der Waals surface area contributed by atoms with Gasteiger partial charge in [-0.25, -0.2) is 0 Å². The summed E-state index contributed by atoms with van der Waals surface area (Å²) in [4.78, 5) is 0.917. The van der Waals surface area contributed by atoms with E-state index >= 15 is 0 Å². The lowest BCUT2D eigenvalue weighted by Crippen LogP contribution is -1.99. The fourth-order valence-corrected chi connectivity index (χ4v) is 2.67. The molecule has 2 aromatic rings. The molecule has 0 spiro atoms. The third kappa shape index (κ3) is 2.49. The van der Waals surface area contributed by atoms with Gasteiger partial charge in [0.2, 0.25) is 0 Å². The summed E-state index contributed by atoms with van der Waals surface area (Å²) in [6.45, 7) is 1.72. The van der Waals surface area contributed by atoms with Crippen molar-refractivity contribution in [1.82, 2.24) is 14.8 Å². The largest absolute Gasteiger partial charge is 0.496 e. The Labute approximate surface area is 110 Å². The molecule has 1 N–H and O–H groups in total. The zero-order valence-electron chi connectivity index (χ0n) is 10.5. The molecular weight excluding hydrogens is 250 g/mol. The van der Waals surface area contributed by atoms with Crippen LogP contribution < -0.4 is 4.74 Å². The minimum atomic E-state index is -0.600. The fraction of sp³-hybridized carbons (Fsp3) is 0.333. The van der Waals surface area contributed by atoms with Gasteiger partial charge in [-0.1, -0.05) is 6.07 Å². The summed E-state index contributed by atoms with van der Waals surface area (Å²) in [5.74, 6) is 0.678. The molecule has 0 bridgehead atoms. The lowest BCUT2D eigenvalue weighted by Gasteiger charge is -2.15. The lowest BCUT2D eigenvalue weighted by molar-refractivity contribution is 0.191. The Morgan fingerprint density at radius 3 is 2.78 bits per heavy atom. The zero-order valence-corrected chi connectivity index (χ0v) is 11.3. The minimum absolute atomic E-state index is 0.600. The second-order valence-electron chi connectivity index (χ2n) is 3.87. The molecule has 0 saturated heterocycles. The van der Waals surface area contributed by atoms with Gasteiger partial charge in [-0.2, -0.15) is 0 Å². The summed E-state index contributed by atoms with van der Waals surface area (Å²) in [5, 5.41) is 18.5. The van der Waals surface area contributed by atoms with Crippen LogP contribution in [0.3, 0.4) is 0 Å². The van der Waals surface area contributed by atoms with Crippen LogP contribution in [0.1, 0.15) is 18.6 Å². The van der Waals surface area contributed by atoms with E-state index in [-0.39, 0.29) is 0 Å². The molecule has 0 amide bonds. The number of nitrogens with zero attached hydrogens (tertiary/aromatic N) is 3. The number of aryl methyl sites for hydroxylation is 1. The topological polar surface area (TPSA) is 60.2 Å². The van der Waals surface area contributed by atoms with Crippen LogP contribution in [0.2, 0.25) is 0 Å². The third-order valence-electron chi connectivity index (χ3n) is 2.53. The van der Waals surface area contributed by atoms with Crippen LogP contribution in [0.15, 0.2) is 34.6 Å². The molecule has 0 fully saturated rings. The van der Waals surface area contributed by atoms with Crippen molar-refractivity contribution in [3.8, 4) is 5.75 Å². The summed E-state index contributed by atoms with van der Waals surface area (Å²) < 4.78 is 7.11. The van der Waals surface area contributed by atoms with Crippen LogP contribution >= 0.6 is 11.8 Å². The molecular formula is C12H15N3O2S. The van der Waals surface area contributed by atoms with E-state index in [2.05, 4.69) is 10.2 Å². The minimum Gasteiger partial charge on any atom is -0.496 e. The van der Waals surface area contributed by atoms with Gasteiger partial charge in [-0.05, 0) is 30.8 Å². The van der Waals surface area contributed by atoms with Gasteiger partial charge in [0.15, 0.2) is 5.16 Å². The molecule has 0 saturated carbocycles. The van der Waals surface area contributed by atoms with Crippen molar-refractivity contribution < 1.29 is 9.84 Å². The van der Waals surface area contributed by atoms with Gasteiger partial charge >= 0.3 is 0 Å². The molecule has 0 aliphatic carbocycles. The number of aliphatic hydroxyl groups is 1. The molecule has 2 rings (SSSR count). The third-order valence-corrected chi connectivity index (χ3v) is 3.66. The number of methoxy groups -OCH3 is 1. The number of benzene rings is 1. The molecule has 0 unspecified atom stereocenters. The average molecular weight is 265 g/mol. The number of ether oxygens (including phenoxy) is 1. The first-order valence-corrected chi connectivity index (χ1v) is 6.32. The predicted octanol–water partition coefficient (Wildman–Crippen LogP) is 2.03. The van der Waals surface area contributed by atoms with E-state index in [4.69, 9.17) is 4.74 Å². The maximum absolute atomic E-state index is 9.88. The van der Waals surface area contributed by atoms with Gasteiger partial charge < -0.3 is 14.4 Å². The lowest BCUT2D eigenvalue weighted by atomic mass is 10.1. The quantitative estimate of drug-likeness (QED) is 0.916. The second-order valence-corrected chi connectivity index (χ2v) is 4.88. The van der Waals surface area contributed by atoms with Crippen molar-refractivity contribution >= 4 is 11.8 Å². The highest BCUT2D eigenvalue weighted by Crippen LogP contribution is 2.37. The van der Waals surface area contributed by atoms with E-state index in [9.17, 15) is 5.11 Å².